The van der Waals surface area contributed by atoms with E-state index in [0.717, 1.165) is 62.6 Å². The molecule has 0 fully saturated rings. The van der Waals surface area contributed by atoms with Gasteiger partial charge < -0.3 is 16.0 Å². The van der Waals surface area contributed by atoms with Crippen LogP contribution in [-0.2, 0) is 0 Å². The van der Waals surface area contributed by atoms with Gasteiger partial charge in [0.1, 0.15) is 0 Å². The Balaban J connectivity index is 0.775. The van der Waals surface area contributed by atoms with Crippen molar-refractivity contribution in [1.82, 2.24) is 29.9 Å². The standard InChI is InChI=1S/C69H53ClN14/c70-51(49-71-52-41-45-54(46-42-52)73-64-75-66(81(56-25-9-1-10-26-56)57-27-11-2-12-28-57)79-67(76-64)82(58-29-13-3-14-30-58)59-31-15-4-16-32-59)50-72-53-43-47-55(48-44-53)74-65-77-68(83(60-33-17-5-18-34-60)61-35-19-6-20-36-61)80-69(78-65)84(62-37-21-7-22-38-62)63-39-23-8-24-40-63/h1-50,71H,(H,73,75,76,79)(H,74,77,78,80)/b51-49-,72-50?. The van der Waals surface area contributed by atoms with Gasteiger partial charge in [0.05, 0.1) is 10.7 Å². The number of para-hydroxylation sites is 8. The molecule has 0 saturated heterocycles. The summed E-state index contributed by atoms with van der Waals surface area (Å²) in [6.45, 7) is 0. The molecule has 15 heteroatoms. The van der Waals surface area contributed by atoms with Crippen LogP contribution in [0.15, 0.2) is 307 Å². The van der Waals surface area contributed by atoms with Crippen LogP contribution in [0.3, 0.4) is 0 Å². The molecular weight excluding hydrogens is 1060 g/mol. The Labute approximate surface area is 492 Å². The molecule has 0 radical (unpaired) electrons. The number of hydrogen-bond donors (Lipinski definition) is 3. The predicted octanol–water partition coefficient (Wildman–Crippen LogP) is 18.3. The third-order valence-corrected chi connectivity index (χ3v) is 13.3. The summed E-state index contributed by atoms with van der Waals surface area (Å²) < 4.78 is 0. The van der Waals surface area contributed by atoms with Crippen molar-refractivity contribution in [3.63, 3.8) is 0 Å². The van der Waals surface area contributed by atoms with Crippen LogP contribution in [0.4, 0.5) is 104 Å². The molecule has 10 aromatic carbocycles. The van der Waals surface area contributed by atoms with Gasteiger partial charge in [0.2, 0.25) is 35.7 Å². The third kappa shape index (κ3) is 12.9. The van der Waals surface area contributed by atoms with Crippen molar-refractivity contribution in [2.45, 2.75) is 0 Å². The average Bonchev–Trinajstić information content (AvgIpc) is 3.67. The SMILES string of the molecule is Cl/C(C=Nc1ccc(Nc2nc(N(c3ccccc3)c3ccccc3)nc(N(c3ccccc3)c3ccccc3)n2)cc1)=C\Nc1ccc(Nc2nc(N(c3ccccc3)c3ccccc3)nc(N(c3ccccc3)c3ccccc3)n2)cc1. The molecular formula is C69H53ClN14. The van der Waals surface area contributed by atoms with Crippen LogP contribution in [0.5, 0.6) is 0 Å². The number of nitrogens with zero attached hydrogens (tertiary/aromatic N) is 11. The zero-order valence-corrected chi connectivity index (χ0v) is 45.9. The molecule has 0 aliphatic carbocycles. The first-order chi connectivity index (χ1) is 41.5. The number of hydrogen-bond acceptors (Lipinski definition) is 14. The van der Waals surface area contributed by atoms with E-state index >= 15 is 0 Å². The second-order valence-electron chi connectivity index (χ2n) is 18.9. The second-order valence-corrected chi connectivity index (χ2v) is 19.3. The first-order valence-corrected chi connectivity index (χ1v) is 27.5. The molecule has 0 aliphatic heterocycles. The first-order valence-electron chi connectivity index (χ1n) is 27.1. The topological polar surface area (TPSA) is 139 Å². The van der Waals surface area contributed by atoms with E-state index in [0.29, 0.717) is 46.4 Å². The highest BCUT2D eigenvalue weighted by atomic mass is 35.5. The summed E-state index contributed by atoms with van der Waals surface area (Å²) >= 11 is 6.74. The van der Waals surface area contributed by atoms with E-state index in [1.54, 1.807) is 12.4 Å². The monoisotopic (exact) mass is 1110 g/mol. The Morgan fingerprint density at radius 3 is 0.798 bits per heavy atom. The lowest BCUT2D eigenvalue weighted by molar-refractivity contribution is 0.987. The largest absolute Gasteiger partial charge is 0.360 e. The molecule has 0 unspecified atom stereocenters. The molecule has 14 nitrogen and oxygen atoms in total. The second kappa shape index (κ2) is 25.8. The lowest BCUT2D eigenvalue weighted by Gasteiger charge is -2.27. The van der Waals surface area contributed by atoms with Crippen LogP contribution < -0.4 is 35.6 Å². The number of aromatic nitrogens is 6. The van der Waals surface area contributed by atoms with Gasteiger partial charge in [-0.25, -0.2) is 0 Å². The lowest BCUT2D eigenvalue weighted by Crippen LogP contribution is -2.19. The van der Waals surface area contributed by atoms with E-state index < -0.39 is 0 Å². The highest BCUT2D eigenvalue weighted by molar-refractivity contribution is 6.39. The van der Waals surface area contributed by atoms with Gasteiger partial charge in [-0.3, -0.25) is 24.6 Å². The summed E-state index contributed by atoms with van der Waals surface area (Å²) in [5.41, 5.74) is 10.1. The van der Waals surface area contributed by atoms with Crippen molar-refractivity contribution in [3.05, 3.63) is 302 Å². The molecule has 406 valence electrons. The Bertz CT molecular complexity index is 3740. The van der Waals surface area contributed by atoms with Gasteiger partial charge in [-0.1, -0.05) is 157 Å². The highest BCUT2D eigenvalue weighted by Gasteiger charge is 2.25. The van der Waals surface area contributed by atoms with Gasteiger partial charge in [-0.2, -0.15) is 29.9 Å². The summed E-state index contributed by atoms with van der Waals surface area (Å²) in [7, 11) is 0. The van der Waals surface area contributed by atoms with Crippen molar-refractivity contribution in [3.8, 4) is 0 Å². The van der Waals surface area contributed by atoms with Crippen molar-refractivity contribution >= 4 is 122 Å². The summed E-state index contributed by atoms with van der Waals surface area (Å²) in [5.74, 6) is 2.40. The van der Waals surface area contributed by atoms with E-state index in [1.165, 1.54) is 0 Å². The van der Waals surface area contributed by atoms with Gasteiger partial charge in [-0.05, 0) is 146 Å². The van der Waals surface area contributed by atoms with Crippen LogP contribution in [0.1, 0.15) is 0 Å². The van der Waals surface area contributed by atoms with Gasteiger partial charge in [0.15, 0.2) is 0 Å². The average molecular weight is 1110 g/mol. The van der Waals surface area contributed by atoms with E-state index in [2.05, 4.69) is 20.9 Å². The number of aliphatic imine (C=N–C) groups is 1. The maximum atomic E-state index is 6.74. The lowest BCUT2D eigenvalue weighted by atomic mass is 10.2. The van der Waals surface area contributed by atoms with Crippen molar-refractivity contribution < 1.29 is 0 Å². The van der Waals surface area contributed by atoms with Gasteiger partial charge >= 0.3 is 0 Å². The zero-order chi connectivity index (χ0) is 56.7. The van der Waals surface area contributed by atoms with Crippen LogP contribution in [0.2, 0.25) is 0 Å². The highest BCUT2D eigenvalue weighted by Crippen LogP contribution is 2.40. The van der Waals surface area contributed by atoms with E-state index in [1.807, 2.05) is 311 Å². The maximum Gasteiger partial charge on any atom is 0.241 e. The Morgan fingerprint density at radius 2 is 0.536 bits per heavy atom. The number of halogens is 1. The molecule has 12 rings (SSSR count). The molecule has 2 aromatic heterocycles. The minimum absolute atomic E-state index is 0.345. The number of nitrogens with one attached hydrogen (secondary N) is 3. The summed E-state index contributed by atoms with van der Waals surface area (Å²) in [6, 6.07) is 95.8. The Kier molecular flexibility index (Phi) is 16.3. The number of rotatable bonds is 20. The quantitative estimate of drug-likeness (QED) is 0.0625. The molecule has 0 saturated carbocycles. The van der Waals surface area contributed by atoms with Crippen LogP contribution in [0.25, 0.3) is 0 Å². The minimum atomic E-state index is 0.345. The summed E-state index contributed by atoms with van der Waals surface area (Å²) in [6.07, 6.45) is 3.29. The fourth-order valence-corrected chi connectivity index (χ4v) is 9.32. The van der Waals surface area contributed by atoms with Crippen LogP contribution in [0, 0.1) is 0 Å². The fourth-order valence-electron chi connectivity index (χ4n) is 9.22. The predicted molar refractivity (Wildman–Crippen MR) is 344 cm³/mol. The molecule has 3 N–H and O–H groups in total. The van der Waals surface area contributed by atoms with Crippen molar-refractivity contribution in [1.29, 1.82) is 0 Å². The molecule has 0 atom stereocenters. The molecule has 12 aromatic rings. The van der Waals surface area contributed by atoms with Crippen molar-refractivity contribution in [2.24, 2.45) is 4.99 Å². The molecule has 0 spiro atoms. The minimum Gasteiger partial charge on any atom is -0.360 e. The van der Waals surface area contributed by atoms with Gasteiger partial charge in [0, 0.05) is 75.0 Å². The van der Waals surface area contributed by atoms with Crippen LogP contribution in [-0.4, -0.2) is 36.1 Å². The number of anilines is 17. The molecule has 0 bridgehead atoms. The van der Waals surface area contributed by atoms with E-state index in [4.69, 9.17) is 41.5 Å². The molecule has 84 heavy (non-hydrogen) atoms. The van der Waals surface area contributed by atoms with E-state index in [-0.39, 0.29) is 0 Å². The van der Waals surface area contributed by atoms with E-state index in [9.17, 15) is 0 Å². The molecule has 0 amide bonds. The smallest absolute Gasteiger partial charge is 0.241 e. The number of allylic oxidation sites excluding steroid dienone is 1. The maximum absolute atomic E-state index is 6.74. The van der Waals surface area contributed by atoms with Crippen LogP contribution >= 0.6 is 11.6 Å². The third-order valence-electron chi connectivity index (χ3n) is 13.1. The van der Waals surface area contributed by atoms with Gasteiger partial charge in [-0.15, -0.1) is 0 Å². The van der Waals surface area contributed by atoms with Gasteiger partial charge in [0.25, 0.3) is 0 Å². The Morgan fingerprint density at radius 1 is 0.298 bits per heavy atom. The molecule has 2 heterocycles. The molecule has 0 aliphatic rings. The fraction of sp³-hybridized carbons (Fsp3) is 0. The summed E-state index contributed by atoms with van der Waals surface area (Å²) in [5, 5.41) is 10.6. The Hall–Kier alpha value is -11.5. The summed E-state index contributed by atoms with van der Waals surface area (Å²) in [4.78, 5) is 43.3. The number of benzene rings is 10. The zero-order valence-electron chi connectivity index (χ0n) is 45.2. The normalized spacial score (nSPS) is 11.2. The van der Waals surface area contributed by atoms with Crippen molar-refractivity contribution in [2.75, 3.05) is 35.6 Å². The first kappa shape index (κ1) is 53.2.